The summed E-state index contributed by atoms with van der Waals surface area (Å²) in [6.45, 7) is 5.41. The average molecular weight is 605 g/mol. The van der Waals surface area contributed by atoms with Gasteiger partial charge in [-0.05, 0) is 97.3 Å². The van der Waals surface area contributed by atoms with Crippen LogP contribution >= 0.6 is 15.9 Å². The van der Waals surface area contributed by atoms with E-state index >= 15 is 0 Å². The number of carbonyl (C=O) groups excluding carboxylic acids is 1. The van der Waals surface area contributed by atoms with Crippen LogP contribution in [-0.2, 0) is 11.2 Å². The second kappa shape index (κ2) is 14.2. The Balaban J connectivity index is 1.21. The Morgan fingerprint density at radius 2 is 1.77 bits per heavy atom. The SMILES string of the molecule is CCCCN(C)C(=O)CCCCCCCCCC[C@@H]1Cc2cc(O)ccc2C2CC[C@@]3(C)C(C[C@@H](Br)[C@@H]3O)C21. The minimum absolute atomic E-state index is 0.0253. The van der Waals surface area contributed by atoms with Crippen LogP contribution in [0.1, 0.15) is 127 Å². The number of alkyl halides is 1. The molecule has 0 saturated heterocycles. The third-order valence-corrected chi connectivity index (χ3v) is 11.7. The summed E-state index contributed by atoms with van der Waals surface area (Å²) in [6, 6.07) is 6.10. The van der Waals surface area contributed by atoms with E-state index in [4.69, 9.17) is 0 Å². The monoisotopic (exact) mass is 603 g/mol. The van der Waals surface area contributed by atoms with Crippen molar-refractivity contribution in [2.24, 2.45) is 23.2 Å². The molecule has 7 atom stereocenters. The number of hydrogen-bond donors (Lipinski definition) is 2. The van der Waals surface area contributed by atoms with E-state index < -0.39 is 0 Å². The van der Waals surface area contributed by atoms with Gasteiger partial charge in [0.2, 0.25) is 5.91 Å². The lowest BCUT2D eigenvalue weighted by Gasteiger charge is -2.53. The van der Waals surface area contributed by atoms with Crippen LogP contribution in [0.3, 0.4) is 0 Å². The largest absolute Gasteiger partial charge is 0.508 e. The lowest BCUT2D eigenvalue weighted by atomic mass is 9.52. The quantitative estimate of drug-likeness (QED) is 0.166. The minimum atomic E-state index is -0.245. The van der Waals surface area contributed by atoms with E-state index in [1.165, 1.54) is 62.5 Å². The molecule has 2 saturated carbocycles. The normalized spacial score (nSPS) is 31.4. The number of aliphatic hydroxyl groups excluding tert-OH is 1. The van der Waals surface area contributed by atoms with Gasteiger partial charge >= 0.3 is 0 Å². The maximum absolute atomic E-state index is 12.2. The van der Waals surface area contributed by atoms with Gasteiger partial charge in [0.1, 0.15) is 5.75 Å². The van der Waals surface area contributed by atoms with Gasteiger partial charge in [0.25, 0.3) is 0 Å². The lowest BCUT2D eigenvalue weighted by molar-refractivity contribution is -0.130. The predicted molar refractivity (Wildman–Crippen MR) is 164 cm³/mol. The zero-order valence-electron chi connectivity index (χ0n) is 24.8. The van der Waals surface area contributed by atoms with Crippen LogP contribution < -0.4 is 0 Å². The van der Waals surface area contributed by atoms with E-state index in [0.29, 0.717) is 41.7 Å². The molecule has 1 amide bonds. The molecule has 2 N–H and O–H groups in total. The molecule has 0 spiro atoms. The first-order valence-electron chi connectivity index (χ1n) is 16.1. The van der Waals surface area contributed by atoms with E-state index in [2.05, 4.69) is 35.8 Å². The first kappa shape index (κ1) is 30.9. The number of halogens is 1. The molecule has 220 valence electrons. The molecule has 1 aromatic carbocycles. The van der Waals surface area contributed by atoms with E-state index in [1.807, 2.05) is 24.1 Å². The summed E-state index contributed by atoms with van der Waals surface area (Å²) >= 11 is 3.83. The molecule has 0 aromatic heterocycles. The van der Waals surface area contributed by atoms with Crippen molar-refractivity contribution in [3.63, 3.8) is 0 Å². The Morgan fingerprint density at radius 3 is 2.49 bits per heavy atom. The van der Waals surface area contributed by atoms with Crippen LogP contribution in [0.5, 0.6) is 5.75 Å². The van der Waals surface area contributed by atoms with Crippen molar-refractivity contribution in [2.45, 2.75) is 133 Å². The van der Waals surface area contributed by atoms with Gasteiger partial charge in [-0.15, -0.1) is 0 Å². The average Bonchev–Trinajstić information content (AvgIpc) is 3.15. The summed E-state index contributed by atoms with van der Waals surface area (Å²) in [4.78, 5) is 14.3. The minimum Gasteiger partial charge on any atom is -0.508 e. The van der Waals surface area contributed by atoms with Crippen molar-refractivity contribution in [1.29, 1.82) is 0 Å². The van der Waals surface area contributed by atoms with Crippen molar-refractivity contribution in [2.75, 3.05) is 13.6 Å². The number of phenolic OH excluding ortho intramolecular Hbond substituents is 1. The van der Waals surface area contributed by atoms with Crippen LogP contribution in [0.25, 0.3) is 0 Å². The van der Waals surface area contributed by atoms with Crippen molar-refractivity contribution in [3.05, 3.63) is 29.3 Å². The number of fused-ring (bicyclic) bond motifs is 5. The highest BCUT2D eigenvalue weighted by atomic mass is 79.9. The van der Waals surface area contributed by atoms with Crippen LogP contribution in [0.2, 0.25) is 0 Å². The Labute approximate surface area is 246 Å². The van der Waals surface area contributed by atoms with Gasteiger partial charge in [-0.25, -0.2) is 0 Å². The molecular formula is C34H54BrNO3. The molecule has 0 aliphatic heterocycles. The maximum Gasteiger partial charge on any atom is 0.222 e. The van der Waals surface area contributed by atoms with Crippen molar-refractivity contribution in [3.8, 4) is 5.75 Å². The second-order valence-electron chi connectivity index (χ2n) is 13.4. The lowest BCUT2D eigenvalue weighted by Crippen LogP contribution is -2.47. The first-order valence-corrected chi connectivity index (χ1v) is 17.1. The van der Waals surface area contributed by atoms with Crippen molar-refractivity contribution >= 4 is 21.8 Å². The Hall–Kier alpha value is -1.07. The van der Waals surface area contributed by atoms with E-state index in [9.17, 15) is 15.0 Å². The maximum atomic E-state index is 12.2. The Kier molecular flexibility index (Phi) is 11.2. The van der Waals surface area contributed by atoms with Crippen molar-refractivity contribution < 1.29 is 15.0 Å². The summed E-state index contributed by atoms with van der Waals surface area (Å²) in [5.74, 6) is 3.13. The van der Waals surface area contributed by atoms with Crippen LogP contribution in [-0.4, -0.2) is 45.5 Å². The number of unbranched alkanes of at least 4 members (excludes halogenated alkanes) is 8. The highest BCUT2D eigenvalue weighted by Crippen LogP contribution is 2.63. The van der Waals surface area contributed by atoms with Gasteiger partial charge in [0.05, 0.1) is 6.10 Å². The zero-order chi connectivity index (χ0) is 28.0. The molecule has 0 bridgehead atoms. The topological polar surface area (TPSA) is 60.8 Å². The number of rotatable bonds is 14. The number of nitrogens with zero attached hydrogens (tertiary/aromatic N) is 1. The molecule has 5 heteroatoms. The molecule has 3 aliphatic rings. The Morgan fingerprint density at radius 1 is 1.08 bits per heavy atom. The summed E-state index contributed by atoms with van der Waals surface area (Å²) in [5, 5.41) is 21.3. The van der Waals surface area contributed by atoms with Gasteiger partial charge in [-0.3, -0.25) is 4.79 Å². The Bertz CT molecular complexity index is 937. The summed E-state index contributed by atoms with van der Waals surface area (Å²) in [7, 11) is 1.94. The van der Waals surface area contributed by atoms with E-state index in [1.54, 1.807) is 0 Å². The first-order chi connectivity index (χ1) is 18.8. The number of carbonyl (C=O) groups is 1. The third kappa shape index (κ3) is 7.23. The number of aliphatic hydroxyl groups is 1. The molecule has 4 rings (SSSR count). The van der Waals surface area contributed by atoms with Crippen LogP contribution in [0.15, 0.2) is 18.2 Å². The number of aromatic hydroxyl groups is 1. The molecule has 0 heterocycles. The molecular weight excluding hydrogens is 550 g/mol. The van der Waals surface area contributed by atoms with Gasteiger partial charge in [-0.1, -0.05) is 87.2 Å². The molecule has 1 aromatic rings. The number of amides is 1. The van der Waals surface area contributed by atoms with Gasteiger partial charge < -0.3 is 15.1 Å². The molecule has 39 heavy (non-hydrogen) atoms. The molecule has 4 nitrogen and oxygen atoms in total. The smallest absolute Gasteiger partial charge is 0.222 e. The third-order valence-electron chi connectivity index (χ3n) is 10.8. The number of phenols is 1. The van der Waals surface area contributed by atoms with E-state index in [0.717, 1.165) is 51.5 Å². The van der Waals surface area contributed by atoms with Crippen molar-refractivity contribution in [1.82, 2.24) is 4.90 Å². The highest BCUT2D eigenvalue weighted by Gasteiger charge is 2.59. The zero-order valence-corrected chi connectivity index (χ0v) is 26.4. The highest BCUT2D eigenvalue weighted by molar-refractivity contribution is 9.09. The standard InChI is InChI=1S/C34H54BrNO3/c1-4-5-20-36(3)31(38)15-13-11-9-7-6-8-10-12-14-24-21-25-22-26(37)16-17-27(25)28-18-19-34(2)29(32(24)28)23-30(35)33(34)39/h16-17,22,24,28-30,32-33,37,39H,4-15,18-21,23H2,1-3H3/t24-,28?,29?,30-,32?,33+,34+/m1/s1. The fourth-order valence-electron chi connectivity index (χ4n) is 8.46. The number of hydrogen-bond acceptors (Lipinski definition) is 3. The fraction of sp³-hybridized carbons (Fsp3) is 0.794. The predicted octanol–water partition coefficient (Wildman–Crippen LogP) is 8.37. The summed E-state index contributed by atoms with van der Waals surface area (Å²) in [5.41, 5.74) is 2.86. The van der Waals surface area contributed by atoms with Crippen LogP contribution in [0, 0.1) is 23.2 Å². The van der Waals surface area contributed by atoms with Crippen LogP contribution in [0.4, 0.5) is 0 Å². The van der Waals surface area contributed by atoms with Gasteiger partial charge in [0, 0.05) is 24.8 Å². The molecule has 3 aliphatic carbocycles. The molecule has 0 radical (unpaired) electrons. The fourth-order valence-corrected chi connectivity index (χ4v) is 9.47. The molecule has 3 unspecified atom stereocenters. The van der Waals surface area contributed by atoms with E-state index in [-0.39, 0.29) is 16.3 Å². The summed E-state index contributed by atoms with van der Waals surface area (Å²) in [6.07, 6.45) is 18.3. The van der Waals surface area contributed by atoms with Gasteiger partial charge in [-0.2, -0.15) is 0 Å². The molecule has 2 fully saturated rings. The summed E-state index contributed by atoms with van der Waals surface area (Å²) < 4.78 is 0. The second-order valence-corrected chi connectivity index (χ2v) is 14.6. The van der Waals surface area contributed by atoms with Gasteiger partial charge in [0.15, 0.2) is 0 Å². The number of benzene rings is 1.